The Kier molecular flexibility index (Phi) is 8.00. The summed E-state index contributed by atoms with van der Waals surface area (Å²) in [6.45, 7) is 10.9. The van der Waals surface area contributed by atoms with Gasteiger partial charge >= 0.3 is 5.97 Å². The number of benzene rings is 1. The van der Waals surface area contributed by atoms with E-state index in [9.17, 15) is 14.3 Å². The molecule has 0 aliphatic heterocycles. The molecule has 0 fully saturated rings. The van der Waals surface area contributed by atoms with Crippen molar-refractivity contribution < 1.29 is 19.0 Å². The van der Waals surface area contributed by atoms with Crippen molar-refractivity contribution >= 4 is 5.97 Å². The summed E-state index contributed by atoms with van der Waals surface area (Å²) >= 11 is 0. The first kappa shape index (κ1) is 19.4. The SMILES string of the molecule is CC(=O)OC(C)(C)C.CCCc1c(CC)ccc(O)c1F. The number of esters is 1. The number of hydrogen-bond donors (Lipinski definition) is 1. The number of hydrogen-bond acceptors (Lipinski definition) is 3. The van der Waals surface area contributed by atoms with Gasteiger partial charge in [0.15, 0.2) is 11.6 Å². The zero-order valence-corrected chi connectivity index (χ0v) is 13.9. The number of phenolic OH excluding ortho intramolecular Hbond substituents is 1. The van der Waals surface area contributed by atoms with Gasteiger partial charge in [-0.1, -0.05) is 26.3 Å². The van der Waals surface area contributed by atoms with Crippen molar-refractivity contribution in [3.63, 3.8) is 0 Å². The van der Waals surface area contributed by atoms with E-state index in [1.165, 1.54) is 13.0 Å². The van der Waals surface area contributed by atoms with Crippen molar-refractivity contribution in [2.75, 3.05) is 0 Å². The van der Waals surface area contributed by atoms with Crippen LogP contribution in [-0.4, -0.2) is 16.7 Å². The lowest BCUT2D eigenvalue weighted by Crippen LogP contribution is -2.21. The van der Waals surface area contributed by atoms with E-state index >= 15 is 0 Å². The molecule has 0 amide bonds. The molecule has 1 aromatic carbocycles. The fourth-order valence-electron chi connectivity index (χ4n) is 1.93. The van der Waals surface area contributed by atoms with Crippen LogP contribution in [0.3, 0.4) is 0 Å². The van der Waals surface area contributed by atoms with Crippen LogP contribution < -0.4 is 0 Å². The van der Waals surface area contributed by atoms with Crippen LogP contribution in [0.1, 0.15) is 59.1 Å². The molecule has 1 rings (SSSR count). The molecular weight excluding hydrogens is 271 g/mol. The molecule has 0 atom stereocenters. The summed E-state index contributed by atoms with van der Waals surface area (Å²) in [5.41, 5.74) is 1.34. The number of ether oxygens (including phenoxy) is 1. The minimum atomic E-state index is -0.443. The number of carbonyl (C=O) groups excluding carboxylic acids is 1. The second-order valence-electron chi connectivity index (χ2n) is 5.85. The Morgan fingerprint density at radius 1 is 1.29 bits per heavy atom. The van der Waals surface area contributed by atoms with Crippen LogP contribution in [-0.2, 0) is 22.4 Å². The second kappa shape index (κ2) is 8.65. The summed E-state index contributed by atoms with van der Waals surface area (Å²) < 4.78 is 18.2. The molecule has 0 unspecified atom stereocenters. The van der Waals surface area contributed by atoms with Crippen LogP contribution in [0.15, 0.2) is 12.1 Å². The van der Waals surface area contributed by atoms with E-state index in [-0.39, 0.29) is 17.3 Å². The number of rotatable bonds is 3. The van der Waals surface area contributed by atoms with Crippen molar-refractivity contribution in [2.24, 2.45) is 0 Å². The average molecular weight is 298 g/mol. The van der Waals surface area contributed by atoms with Gasteiger partial charge in [0.25, 0.3) is 0 Å². The van der Waals surface area contributed by atoms with Crippen LogP contribution in [0.2, 0.25) is 0 Å². The minimum Gasteiger partial charge on any atom is -0.505 e. The number of phenols is 1. The summed E-state index contributed by atoms with van der Waals surface area (Å²) in [5, 5.41) is 9.17. The zero-order chi connectivity index (χ0) is 16.6. The van der Waals surface area contributed by atoms with Gasteiger partial charge in [-0.3, -0.25) is 4.79 Å². The van der Waals surface area contributed by atoms with Crippen molar-refractivity contribution in [1.29, 1.82) is 0 Å². The summed E-state index contributed by atoms with van der Waals surface area (Å²) in [6.07, 6.45) is 2.41. The molecule has 0 aromatic heterocycles. The van der Waals surface area contributed by atoms with Crippen molar-refractivity contribution in [3.05, 3.63) is 29.1 Å². The highest BCUT2D eigenvalue weighted by Crippen LogP contribution is 2.24. The number of aryl methyl sites for hydroxylation is 1. The molecule has 0 bridgehead atoms. The molecule has 120 valence electrons. The Bertz CT molecular complexity index is 462. The van der Waals surface area contributed by atoms with Crippen LogP contribution in [0.4, 0.5) is 4.39 Å². The highest BCUT2D eigenvalue weighted by atomic mass is 19.1. The van der Waals surface area contributed by atoms with Gasteiger partial charge < -0.3 is 9.84 Å². The molecule has 0 aliphatic rings. The summed E-state index contributed by atoms with van der Waals surface area (Å²) in [6, 6.07) is 3.22. The molecule has 3 nitrogen and oxygen atoms in total. The van der Waals surface area contributed by atoms with Gasteiger partial charge in [0.05, 0.1) is 0 Å². The summed E-state index contributed by atoms with van der Waals surface area (Å²) in [4.78, 5) is 10.2. The smallest absolute Gasteiger partial charge is 0.303 e. The van der Waals surface area contributed by atoms with Crippen LogP contribution in [0.25, 0.3) is 0 Å². The van der Waals surface area contributed by atoms with Gasteiger partial charge in [-0.05, 0) is 50.8 Å². The maximum atomic E-state index is 13.4. The van der Waals surface area contributed by atoms with E-state index in [1.54, 1.807) is 6.07 Å². The van der Waals surface area contributed by atoms with Gasteiger partial charge in [-0.2, -0.15) is 0 Å². The molecule has 0 saturated heterocycles. The third kappa shape index (κ3) is 7.69. The first-order valence-electron chi connectivity index (χ1n) is 7.31. The molecule has 0 aliphatic carbocycles. The lowest BCUT2D eigenvalue weighted by molar-refractivity contribution is -0.151. The summed E-state index contributed by atoms with van der Waals surface area (Å²) in [5.74, 6) is -0.903. The molecular formula is C17H27FO3. The van der Waals surface area contributed by atoms with E-state index in [0.717, 1.165) is 18.4 Å². The third-order valence-corrected chi connectivity index (χ3v) is 2.65. The predicted molar refractivity (Wildman–Crippen MR) is 83.0 cm³/mol. The highest BCUT2D eigenvalue weighted by molar-refractivity contribution is 5.66. The molecule has 1 aromatic rings. The highest BCUT2D eigenvalue weighted by Gasteiger charge is 2.12. The largest absolute Gasteiger partial charge is 0.505 e. The lowest BCUT2D eigenvalue weighted by atomic mass is 10.0. The Morgan fingerprint density at radius 2 is 1.86 bits per heavy atom. The van der Waals surface area contributed by atoms with E-state index < -0.39 is 5.82 Å². The molecule has 1 N–H and O–H groups in total. The van der Waals surface area contributed by atoms with Crippen LogP contribution >= 0.6 is 0 Å². The zero-order valence-electron chi connectivity index (χ0n) is 13.9. The van der Waals surface area contributed by atoms with Crippen molar-refractivity contribution in [1.82, 2.24) is 0 Å². The lowest BCUT2D eigenvalue weighted by Gasteiger charge is -2.17. The molecule has 4 heteroatoms. The van der Waals surface area contributed by atoms with Gasteiger partial charge in [-0.15, -0.1) is 0 Å². The Hall–Kier alpha value is -1.58. The minimum absolute atomic E-state index is 0.225. The Morgan fingerprint density at radius 3 is 2.19 bits per heavy atom. The van der Waals surface area contributed by atoms with Crippen LogP contribution in [0, 0.1) is 5.82 Å². The first-order chi connectivity index (χ1) is 9.62. The van der Waals surface area contributed by atoms with Gasteiger partial charge in [0.2, 0.25) is 0 Å². The number of carbonyl (C=O) groups is 1. The monoisotopic (exact) mass is 298 g/mol. The third-order valence-electron chi connectivity index (χ3n) is 2.65. The van der Waals surface area contributed by atoms with Crippen molar-refractivity contribution in [2.45, 2.75) is 66.4 Å². The standard InChI is InChI=1S/C11H15FO.C6H12O2/c1-3-5-9-8(4-2)6-7-10(13)11(9)12;1-5(7)8-6(2,3)4/h6-7,13H,3-5H2,1-2H3;1-4H3. The quantitative estimate of drug-likeness (QED) is 0.842. The van der Waals surface area contributed by atoms with Crippen molar-refractivity contribution in [3.8, 4) is 5.75 Å². The normalized spacial score (nSPS) is 10.6. The van der Waals surface area contributed by atoms with Gasteiger partial charge in [0, 0.05) is 6.92 Å². The summed E-state index contributed by atoms with van der Waals surface area (Å²) in [7, 11) is 0. The molecule has 21 heavy (non-hydrogen) atoms. The maximum absolute atomic E-state index is 13.4. The molecule has 0 spiro atoms. The van der Waals surface area contributed by atoms with E-state index in [0.29, 0.717) is 12.0 Å². The van der Waals surface area contributed by atoms with E-state index in [1.807, 2.05) is 34.6 Å². The average Bonchev–Trinajstić information content (AvgIpc) is 2.33. The van der Waals surface area contributed by atoms with E-state index in [4.69, 9.17) is 4.74 Å². The maximum Gasteiger partial charge on any atom is 0.303 e. The number of aromatic hydroxyl groups is 1. The second-order valence-corrected chi connectivity index (χ2v) is 5.85. The topological polar surface area (TPSA) is 46.5 Å². The molecule has 0 radical (unpaired) electrons. The van der Waals surface area contributed by atoms with E-state index in [2.05, 4.69) is 0 Å². The fraction of sp³-hybridized carbons (Fsp3) is 0.588. The van der Waals surface area contributed by atoms with Gasteiger partial charge in [-0.25, -0.2) is 4.39 Å². The number of halogens is 1. The first-order valence-corrected chi connectivity index (χ1v) is 7.31. The van der Waals surface area contributed by atoms with Gasteiger partial charge in [0.1, 0.15) is 5.60 Å². The molecule has 0 saturated carbocycles. The predicted octanol–water partition coefficient (Wildman–Crippen LogP) is 4.39. The van der Waals surface area contributed by atoms with Crippen LogP contribution in [0.5, 0.6) is 5.75 Å². The fourth-order valence-corrected chi connectivity index (χ4v) is 1.93. The molecule has 0 heterocycles. The Balaban J connectivity index is 0.000000433. The Labute approximate surface area is 127 Å².